The summed E-state index contributed by atoms with van der Waals surface area (Å²) in [5, 5.41) is 0. The average Bonchev–Trinajstić information content (AvgIpc) is 2.35. The molecular weight excluding hydrogens is 298 g/mol. The number of amides is 1. The van der Waals surface area contributed by atoms with E-state index in [9.17, 15) is 22.8 Å². The molecule has 0 saturated heterocycles. The smallest absolute Gasteiger partial charge is 0.339 e. The maximum absolute atomic E-state index is 12.4. The molecule has 18 heavy (non-hydrogen) atoms. The highest BCUT2D eigenvalue weighted by Gasteiger charge is 2.32. The third-order valence-electron chi connectivity index (χ3n) is 1.82. The summed E-state index contributed by atoms with van der Waals surface area (Å²) in [6.07, 6.45) is -4.59. The fourth-order valence-electron chi connectivity index (χ4n) is 1.03. The molecule has 0 aromatic heterocycles. The molecule has 0 spiro atoms. The van der Waals surface area contributed by atoms with Crippen LogP contribution in [-0.2, 0) is 20.1 Å². The molecule has 0 aliphatic rings. The quantitative estimate of drug-likeness (QED) is 0.592. The first-order chi connectivity index (χ1) is 8.27. The molecule has 0 fully saturated rings. The zero-order valence-electron chi connectivity index (χ0n) is 8.37. The van der Waals surface area contributed by atoms with Crippen LogP contribution in [0.15, 0.2) is 24.3 Å². The Morgan fingerprint density at radius 3 is 2.39 bits per heavy atom. The molecule has 1 rings (SSSR count). The number of hydrogen-bond donors (Lipinski definition) is 0. The molecule has 98 valence electrons. The van der Waals surface area contributed by atoms with Gasteiger partial charge in [0.25, 0.3) is 0 Å². The average molecular weight is 302 g/mol. The van der Waals surface area contributed by atoms with Crippen LogP contribution in [0, 0.1) is 0 Å². The summed E-state index contributed by atoms with van der Waals surface area (Å²) < 4.78 is 41.0. The molecule has 0 radical (unpaired) electrons. The van der Waals surface area contributed by atoms with E-state index in [1.54, 1.807) is 0 Å². The fraction of sp³-hybridized carbons (Fsp3) is 0.111. The van der Waals surface area contributed by atoms with Crippen LogP contribution < -0.4 is 4.42 Å². The second-order valence-corrected chi connectivity index (χ2v) is 3.49. The number of rotatable bonds is 1. The van der Waals surface area contributed by atoms with Crippen molar-refractivity contribution >= 4 is 41.2 Å². The van der Waals surface area contributed by atoms with Gasteiger partial charge < -0.3 is 4.29 Å². The van der Waals surface area contributed by atoms with Crippen LogP contribution in [0.4, 0.5) is 18.9 Å². The molecule has 0 unspecified atom stereocenters. The first-order valence-corrected chi connectivity index (χ1v) is 4.92. The summed E-state index contributed by atoms with van der Waals surface area (Å²) in [6, 6.07) is 3.54. The van der Waals surface area contributed by atoms with E-state index in [1.807, 2.05) is 0 Å². The van der Waals surface area contributed by atoms with Gasteiger partial charge in [0, 0.05) is 11.8 Å². The molecular formula is C9H4Cl2F3NO3. The molecule has 1 aromatic rings. The predicted octanol–water partition coefficient (Wildman–Crippen LogP) is 2.89. The number of alkyl halides is 3. The SMILES string of the molecule is O=C(OCl)C(=O)N(Cl)c1cccc(C(F)(F)F)c1. The lowest BCUT2D eigenvalue weighted by atomic mass is 10.2. The zero-order valence-corrected chi connectivity index (χ0v) is 9.88. The molecule has 1 aromatic carbocycles. The number of halogens is 5. The molecule has 0 bridgehead atoms. The Morgan fingerprint density at radius 2 is 1.89 bits per heavy atom. The van der Waals surface area contributed by atoms with Crippen LogP contribution in [0.3, 0.4) is 0 Å². The van der Waals surface area contributed by atoms with E-state index in [0.29, 0.717) is 6.07 Å². The molecule has 9 heteroatoms. The van der Waals surface area contributed by atoms with Crippen LogP contribution in [-0.4, -0.2) is 11.9 Å². The largest absolute Gasteiger partial charge is 0.416 e. The number of benzene rings is 1. The van der Waals surface area contributed by atoms with Crippen LogP contribution >= 0.6 is 23.6 Å². The molecule has 0 aliphatic heterocycles. The van der Waals surface area contributed by atoms with Crippen molar-refractivity contribution in [3.8, 4) is 0 Å². The van der Waals surface area contributed by atoms with Gasteiger partial charge in [0.1, 0.15) is 11.9 Å². The van der Waals surface area contributed by atoms with Crippen LogP contribution in [0.5, 0.6) is 0 Å². The minimum absolute atomic E-state index is 0.181. The molecule has 4 nitrogen and oxygen atoms in total. The number of anilines is 1. The fourth-order valence-corrected chi connectivity index (χ4v) is 1.27. The highest BCUT2D eigenvalue weighted by atomic mass is 35.5. The number of nitrogens with zero attached hydrogens (tertiary/aromatic N) is 1. The predicted molar refractivity (Wildman–Crippen MR) is 56.7 cm³/mol. The normalized spacial score (nSPS) is 10.9. The third kappa shape index (κ3) is 3.27. The Kier molecular flexibility index (Phi) is 4.42. The maximum atomic E-state index is 12.4. The minimum atomic E-state index is -4.59. The van der Waals surface area contributed by atoms with Gasteiger partial charge in [0.05, 0.1) is 11.3 Å². The lowest BCUT2D eigenvalue weighted by Crippen LogP contribution is -2.29. The number of hydrogen-bond acceptors (Lipinski definition) is 3. The zero-order chi connectivity index (χ0) is 13.9. The van der Waals surface area contributed by atoms with Crippen molar-refractivity contribution in [2.24, 2.45) is 0 Å². The number of carbonyl (C=O) groups excluding carboxylic acids is 2. The summed E-state index contributed by atoms with van der Waals surface area (Å²) in [7, 11) is 0. The lowest BCUT2D eigenvalue weighted by Gasteiger charge is -2.14. The van der Waals surface area contributed by atoms with E-state index >= 15 is 0 Å². The second kappa shape index (κ2) is 5.45. The third-order valence-corrected chi connectivity index (χ3v) is 2.31. The van der Waals surface area contributed by atoms with E-state index in [1.165, 1.54) is 0 Å². The van der Waals surface area contributed by atoms with Crippen LogP contribution in [0.1, 0.15) is 5.56 Å². The van der Waals surface area contributed by atoms with Crippen molar-refractivity contribution < 1.29 is 27.0 Å². The van der Waals surface area contributed by atoms with Gasteiger partial charge >= 0.3 is 18.1 Å². The van der Waals surface area contributed by atoms with Crippen molar-refractivity contribution in [3.05, 3.63) is 29.8 Å². The van der Waals surface area contributed by atoms with Crippen molar-refractivity contribution in [1.29, 1.82) is 0 Å². The first kappa shape index (κ1) is 14.6. The van der Waals surface area contributed by atoms with E-state index < -0.39 is 23.6 Å². The Labute approximate surface area is 109 Å². The van der Waals surface area contributed by atoms with E-state index in [2.05, 4.69) is 16.2 Å². The molecule has 0 heterocycles. The highest BCUT2D eigenvalue weighted by Crippen LogP contribution is 2.32. The molecule has 1 amide bonds. The molecule has 0 aliphatic carbocycles. The monoisotopic (exact) mass is 301 g/mol. The standard InChI is InChI=1S/C9H4Cl2F3NO3/c10-15(7(16)8(17)18-11)6-3-1-2-5(4-6)9(12,13)14/h1-4H. The Morgan fingerprint density at radius 1 is 1.28 bits per heavy atom. The first-order valence-electron chi connectivity index (χ1n) is 4.27. The Hall–Kier alpha value is -1.47. The van der Waals surface area contributed by atoms with Gasteiger partial charge in [0.15, 0.2) is 0 Å². The Balaban J connectivity index is 3.04. The summed E-state index contributed by atoms with van der Waals surface area (Å²) in [6.45, 7) is 0. The number of carbonyl (C=O) groups is 2. The summed E-state index contributed by atoms with van der Waals surface area (Å²) >= 11 is 10.1. The minimum Gasteiger partial charge on any atom is -0.339 e. The van der Waals surface area contributed by atoms with Gasteiger partial charge in [-0.2, -0.15) is 13.2 Å². The lowest BCUT2D eigenvalue weighted by molar-refractivity contribution is -0.145. The van der Waals surface area contributed by atoms with Gasteiger partial charge in [-0.05, 0) is 18.2 Å². The Bertz CT molecular complexity index is 478. The molecule has 0 saturated carbocycles. The second-order valence-electron chi connectivity index (χ2n) is 3.00. The van der Waals surface area contributed by atoms with Crippen LogP contribution in [0.25, 0.3) is 0 Å². The van der Waals surface area contributed by atoms with Gasteiger partial charge in [-0.3, -0.25) is 4.79 Å². The maximum Gasteiger partial charge on any atom is 0.416 e. The van der Waals surface area contributed by atoms with Gasteiger partial charge in [-0.1, -0.05) is 6.07 Å². The molecule has 0 atom stereocenters. The van der Waals surface area contributed by atoms with E-state index in [4.69, 9.17) is 11.8 Å². The van der Waals surface area contributed by atoms with E-state index in [-0.39, 0.29) is 10.1 Å². The summed E-state index contributed by atoms with van der Waals surface area (Å²) in [5.74, 6) is -2.92. The van der Waals surface area contributed by atoms with Crippen LogP contribution in [0.2, 0.25) is 0 Å². The highest BCUT2D eigenvalue weighted by molar-refractivity contribution is 6.52. The summed E-state index contributed by atoms with van der Waals surface area (Å²) in [4.78, 5) is 21.9. The topological polar surface area (TPSA) is 46.6 Å². The molecule has 0 N–H and O–H groups in total. The van der Waals surface area contributed by atoms with Crippen molar-refractivity contribution in [2.75, 3.05) is 4.42 Å². The van der Waals surface area contributed by atoms with Crippen molar-refractivity contribution in [1.82, 2.24) is 0 Å². The van der Waals surface area contributed by atoms with Crippen molar-refractivity contribution in [2.45, 2.75) is 6.18 Å². The van der Waals surface area contributed by atoms with Crippen molar-refractivity contribution in [3.63, 3.8) is 0 Å². The van der Waals surface area contributed by atoms with Gasteiger partial charge in [-0.15, -0.1) is 0 Å². The van der Waals surface area contributed by atoms with E-state index in [0.717, 1.165) is 18.2 Å². The van der Waals surface area contributed by atoms with Gasteiger partial charge in [-0.25, -0.2) is 9.21 Å². The van der Waals surface area contributed by atoms with Gasteiger partial charge in [0.2, 0.25) is 0 Å². The summed E-state index contributed by atoms with van der Waals surface area (Å²) in [5.41, 5.74) is -1.35.